The quantitative estimate of drug-likeness (QED) is 0.450. The van der Waals surface area contributed by atoms with Gasteiger partial charge in [-0.05, 0) is 35.9 Å². The predicted octanol–water partition coefficient (Wildman–Crippen LogP) is 4.12. The molecule has 0 aliphatic rings. The number of hydrogen-bond donors (Lipinski definition) is 0. The van der Waals surface area contributed by atoms with Crippen molar-refractivity contribution < 1.29 is 9.47 Å². The first-order valence-corrected chi connectivity index (χ1v) is 9.09. The van der Waals surface area contributed by atoms with E-state index in [1.54, 1.807) is 43.2 Å². The average molecular weight is 389 g/mol. The summed E-state index contributed by atoms with van der Waals surface area (Å²) in [7, 11) is 3.24. The van der Waals surface area contributed by atoms with E-state index in [4.69, 9.17) is 21.1 Å². The molecule has 3 aromatic rings. The minimum absolute atomic E-state index is 0.693. The maximum absolute atomic E-state index is 5.91. The molecule has 8 heteroatoms. The van der Waals surface area contributed by atoms with Gasteiger partial charge in [-0.2, -0.15) is 9.78 Å². The molecule has 0 saturated heterocycles. The third-order valence-electron chi connectivity index (χ3n) is 3.54. The second-order valence-corrected chi connectivity index (χ2v) is 6.60. The Kier molecular flexibility index (Phi) is 6.14. The summed E-state index contributed by atoms with van der Waals surface area (Å²) in [5.41, 5.74) is 1.95. The highest BCUT2D eigenvalue weighted by Crippen LogP contribution is 2.24. The van der Waals surface area contributed by atoms with Crippen molar-refractivity contribution in [3.8, 4) is 11.5 Å². The monoisotopic (exact) mass is 388 g/mol. The van der Waals surface area contributed by atoms with Crippen LogP contribution in [-0.4, -0.2) is 35.3 Å². The van der Waals surface area contributed by atoms with Gasteiger partial charge < -0.3 is 9.47 Å². The standard InChI is InChI=1S/C18H17ClN4O2S/c1-24-16-7-8-17(25-2)14(9-16)10-21-23-12-20-22-18(23)26-11-13-3-5-15(19)6-4-13/h3-10,12H,11H2,1-2H3/b21-10-. The Bertz CT molecular complexity index is 896. The van der Waals surface area contributed by atoms with E-state index in [0.29, 0.717) is 10.9 Å². The molecule has 0 saturated carbocycles. The van der Waals surface area contributed by atoms with Gasteiger partial charge in [0.1, 0.15) is 17.8 Å². The van der Waals surface area contributed by atoms with Gasteiger partial charge >= 0.3 is 0 Å². The molecule has 1 aromatic heterocycles. The molecule has 134 valence electrons. The topological polar surface area (TPSA) is 61.5 Å². The first-order valence-electron chi connectivity index (χ1n) is 7.73. The van der Waals surface area contributed by atoms with Crippen LogP contribution in [0.4, 0.5) is 0 Å². The van der Waals surface area contributed by atoms with Crippen LogP contribution in [0.3, 0.4) is 0 Å². The molecular weight excluding hydrogens is 372 g/mol. The Morgan fingerprint density at radius 2 is 1.96 bits per heavy atom. The molecule has 0 bridgehead atoms. The first kappa shape index (κ1) is 18.3. The number of ether oxygens (including phenoxy) is 2. The van der Waals surface area contributed by atoms with Crippen molar-refractivity contribution >= 4 is 29.6 Å². The molecule has 0 N–H and O–H groups in total. The molecule has 0 aliphatic heterocycles. The SMILES string of the molecule is COc1ccc(OC)c(/C=N\n2cnnc2SCc2ccc(Cl)cc2)c1. The summed E-state index contributed by atoms with van der Waals surface area (Å²) in [6.45, 7) is 0. The van der Waals surface area contributed by atoms with E-state index in [-0.39, 0.29) is 0 Å². The summed E-state index contributed by atoms with van der Waals surface area (Å²) in [5.74, 6) is 2.18. The third kappa shape index (κ3) is 4.56. The van der Waals surface area contributed by atoms with Crippen molar-refractivity contribution in [3.63, 3.8) is 0 Å². The minimum Gasteiger partial charge on any atom is -0.497 e. The third-order valence-corrected chi connectivity index (χ3v) is 4.80. The lowest BCUT2D eigenvalue weighted by Gasteiger charge is -2.07. The zero-order chi connectivity index (χ0) is 18.4. The summed E-state index contributed by atoms with van der Waals surface area (Å²) in [4.78, 5) is 0. The molecule has 0 amide bonds. The van der Waals surface area contributed by atoms with Crippen LogP contribution in [-0.2, 0) is 5.75 Å². The van der Waals surface area contributed by atoms with Crippen LogP contribution in [0.15, 0.2) is 59.0 Å². The van der Waals surface area contributed by atoms with E-state index in [1.165, 1.54) is 0 Å². The number of halogens is 1. The van der Waals surface area contributed by atoms with Gasteiger partial charge in [0.25, 0.3) is 0 Å². The smallest absolute Gasteiger partial charge is 0.212 e. The van der Waals surface area contributed by atoms with E-state index in [0.717, 1.165) is 27.7 Å². The maximum atomic E-state index is 5.91. The first-order chi connectivity index (χ1) is 12.7. The Morgan fingerprint density at radius 3 is 2.69 bits per heavy atom. The average Bonchev–Trinajstić information content (AvgIpc) is 3.13. The number of nitrogens with zero attached hydrogens (tertiary/aromatic N) is 4. The Balaban J connectivity index is 1.74. The largest absolute Gasteiger partial charge is 0.497 e. The molecule has 0 unspecified atom stereocenters. The van der Waals surface area contributed by atoms with Gasteiger partial charge in [-0.25, -0.2) is 0 Å². The Hall–Kier alpha value is -2.51. The van der Waals surface area contributed by atoms with E-state index >= 15 is 0 Å². The van der Waals surface area contributed by atoms with Gasteiger partial charge in [0.2, 0.25) is 5.16 Å². The number of benzene rings is 2. The lowest BCUT2D eigenvalue weighted by molar-refractivity contribution is 0.402. The van der Waals surface area contributed by atoms with Crippen LogP contribution in [0.1, 0.15) is 11.1 Å². The van der Waals surface area contributed by atoms with E-state index in [9.17, 15) is 0 Å². The predicted molar refractivity (Wildman–Crippen MR) is 104 cm³/mol. The zero-order valence-electron chi connectivity index (χ0n) is 14.3. The summed E-state index contributed by atoms with van der Waals surface area (Å²) < 4.78 is 12.2. The molecule has 0 radical (unpaired) electrons. The van der Waals surface area contributed by atoms with Gasteiger partial charge in [0.05, 0.1) is 20.4 Å². The van der Waals surface area contributed by atoms with Crippen LogP contribution < -0.4 is 9.47 Å². The van der Waals surface area contributed by atoms with Gasteiger partial charge in [0.15, 0.2) is 0 Å². The highest BCUT2D eigenvalue weighted by atomic mass is 35.5. The molecule has 2 aromatic carbocycles. The lowest BCUT2D eigenvalue weighted by atomic mass is 10.2. The fourth-order valence-corrected chi connectivity index (χ4v) is 3.13. The molecule has 0 fully saturated rings. The van der Waals surface area contributed by atoms with Crippen molar-refractivity contribution in [3.05, 3.63) is 64.9 Å². The van der Waals surface area contributed by atoms with E-state index in [2.05, 4.69) is 15.3 Å². The second kappa shape index (κ2) is 8.73. The van der Waals surface area contributed by atoms with E-state index < -0.39 is 0 Å². The van der Waals surface area contributed by atoms with Crippen LogP contribution in [0.2, 0.25) is 5.02 Å². The molecule has 26 heavy (non-hydrogen) atoms. The summed E-state index contributed by atoms with van der Waals surface area (Å²) >= 11 is 7.45. The minimum atomic E-state index is 0.693. The van der Waals surface area contributed by atoms with Crippen molar-refractivity contribution in [2.75, 3.05) is 14.2 Å². The molecule has 1 heterocycles. The molecular formula is C18H17ClN4O2S. The summed E-state index contributed by atoms with van der Waals surface area (Å²) in [6, 6.07) is 13.2. The van der Waals surface area contributed by atoms with Crippen molar-refractivity contribution in [1.29, 1.82) is 0 Å². The highest BCUT2D eigenvalue weighted by Gasteiger charge is 2.06. The molecule has 3 rings (SSSR count). The molecule has 0 spiro atoms. The lowest BCUT2D eigenvalue weighted by Crippen LogP contribution is -1.96. The zero-order valence-corrected chi connectivity index (χ0v) is 15.9. The van der Waals surface area contributed by atoms with Gasteiger partial charge in [-0.3, -0.25) is 0 Å². The second-order valence-electron chi connectivity index (χ2n) is 5.23. The molecule has 6 nitrogen and oxygen atoms in total. The number of rotatable bonds is 7. The summed E-state index contributed by atoms with van der Waals surface area (Å²) in [6.07, 6.45) is 3.25. The van der Waals surface area contributed by atoms with Crippen LogP contribution in [0.5, 0.6) is 11.5 Å². The molecule has 0 atom stereocenters. The Morgan fingerprint density at radius 1 is 1.15 bits per heavy atom. The van der Waals surface area contributed by atoms with Crippen molar-refractivity contribution in [1.82, 2.24) is 14.9 Å². The highest BCUT2D eigenvalue weighted by molar-refractivity contribution is 7.98. The number of methoxy groups -OCH3 is 2. The van der Waals surface area contributed by atoms with Crippen molar-refractivity contribution in [2.24, 2.45) is 5.10 Å². The number of hydrogen-bond acceptors (Lipinski definition) is 6. The summed E-state index contributed by atoms with van der Waals surface area (Å²) in [5, 5.41) is 13.9. The van der Waals surface area contributed by atoms with Gasteiger partial charge in [-0.1, -0.05) is 35.5 Å². The number of thioether (sulfide) groups is 1. The number of aromatic nitrogens is 3. The normalized spacial score (nSPS) is 11.0. The van der Waals surface area contributed by atoms with Crippen LogP contribution in [0.25, 0.3) is 0 Å². The molecule has 0 aliphatic carbocycles. The van der Waals surface area contributed by atoms with Crippen LogP contribution in [0, 0.1) is 0 Å². The van der Waals surface area contributed by atoms with Crippen molar-refractivity contribution in [2.45, 2.75) is 10.9 Å². The van der Waals surface area contributed by atoms with Crippen LogP contribution >= 0.6 is 23.4 Å². The van der Waals surface area contributed by atoms with E-state index in [1.807, 2.05) is 42.5 Å². The van der Waals surface area contributed by atoms with Gasteiger partial charge in [-0.15, -0.1) is 10.2 Å². The van der Waals surface area contributed by atoms with Gasteiger partial charge in [0, 0.05) is 16.3 Å². The maximum Gasteiger partial charge on any atom is 0.212 e. The fraction of sp³-hybridized carbons (Fsp3) is 0.167. The Labute approximate surface area is 160 Å². The fourth-order valence-electron chi connectivity index (χ4n) is 2.19.